The van der Waals surface area contributed by atoms with Crippen molar-refractivity contribution in [2.45, 2.75) is 25.4 Å². The molecule has 0 heterocycles. The van der Waals surface area contributed by atoms with E-state index in [0.29, 0.717) is 11.8 Å². The van der Waals surface area contributed by atoms with Gasteiger partial charge in [-0.1, -0.05) is 23.7 Å². The minimum atomic E-state index is -0.191. The van der Waals surface area contributed by atoms with Gasteiger partial charge < -0.3 is 5.11 Å². The molecule has 70 valence electrons. The van der Waals surface area contributed by atoms with Gasteiger partial charge >= 0.3 is 0 Å². The molecule has 0 amide bonds. The normalized spacial score (nSPS) is 28.5. The monoisotopic (exact) mass is 196 g/mol. The Morgan fingerprint density at radius 1 is 1.54 bits per heavy atom. The van der Waals surface area contributed by atoms with Crippen molar-refractivity contribution in [1.29, 1.82) is 0 Å². The molecule has 13 heavy (non-hydrogen) atoms. The van der Waals surface area contributed by atoms with Gasteiger partial charge in [0.05, 0.1) is 6.10 Å². The molecule has 0 spiro atoms. The maximum absolute atomic E-state index is 9.36. The molecule has 1 aliphatic carbocycles. The third kappa shape index (κ3) is 1.87. The molecule has 1 aromatic carbocycles. The van der Waals surface area contributed by atoms with Crippen LogP contribution >= 0.6 is 11.6 Å². The van der Waals surface area contributed by atoms with Crippen molar-refractivity contribution in [3.05, 3.63) is 34.9 Å². The smallest absolute Gasteiger partial charge is 0.0546 e. The summed E-state index contributed by atoms with van der Waals surface area (Å²) in [4.78, 5) is 0. The van der Waals surface area contributed by atoms with E-state index in [9.17, 15) is 5.11 Å². The van der Waals surface area contributed by atoms with Crippen LogP contribution in [0.3, 0.4) is 0 Å². The fourth-order valence-corrected chi connectivity index (χ4v) is 2.07. The Kier molecular flexibility index (Phi) is 2.31. The summed E-state index contributed by atoms with van der Waals surface area (Å²) in [5, 5.41) is 10.1. The molecule has 1 saturated carbocycles. The van der Waals surface area contributed by atoms with Crippen molar-refractivity contribution in [3.63, 3.8) is 0 Å². The molecule has 0 unspecified atom stereocenters. The summed E-state index contributed by atoms with van der Waals surface area (Å²) in [5.74, 6) is 0.970. The molecule has 1 aliphatic rings. The number of hydrogen-bond acceptors (Lipinski definition) is 1. The lowest BCUT2D eigenvalue weighted by Gasteiger charge is -2.03. The molecular formula is C11H13ClO. The van der Waals surface area contributed by atoms with E-state index >= 15 is 0 Å². The SMILES string of the molecule is C[C@H](O)[C@@H]1C[C@@H]1c1cccc(Cl)c1. The van der Waals surface area contributed by atoms with Crippen LogP contribution in [-0.4, -0.2) is 11.2 Å². The number of aliphatic hydroxyl groups excluding tert-OH is 1. The van der Waals surface area contributed by atoms with Crippen LogP contribution in [0.25, 0.3) is 0 Å². The van der Waals surface area contributed by atoms with E-state index < -0.39 is 0 Å². The van der Waals surface area contributed by atoms with Gasteiger partial charge in [-0.15, -0.1) is 0 Å². The summed E-state index contributed by atoms with van der Waals surface area (Å²) in [6.45, 7) is 1.86. The van der Waals surface area contributed by atoms with Gasteiger partial charge in [-0.05, 0) is 42.9 Å². The van der Waals surface area contributed by atoms with E-state index in [4.69, 9.17) is 11.6 Å². The molecule has 3 atom stereocenters. The number of aliphatic hydroxyl groups is 1. The van der Waals surface area contributed by atoms with Gasteiger partial charge in [-0.25, -0.2) is 0 Å². The van der Waals surface area contributed by atoms with Crippen molar-refractivity contribution in [1.82, 2.24) is 0 Å². The van der Waals surface area contributed by atoms with E-state index in [1.807, 2.05) is 25.1 Å². The first-order valence-electron chi connectivity index (χ1n) is 4.62. The predicted octanol–water partition coefficient (Wildman–Crippen LogP) is 2.82. The van der Waals surface area contributed by atoms with Crippen molar-refractivity contribution in [2.24, 2.45) is 5.92 Å². The van der Waals surface area contributed by atoms with Crippen LogP contribution in [0.1, 0.15) is 24.8 Å². The highest BCUT2D eigenvalue weighted by Gasteiger charge is 2.41. The van der Waals surface area contributed by atoms with E-state index in [-0.39, 0.29) is 6.10 Å². The van der Waals surface area contributed by atoms with Crippen molar-refractivity contribution in [3.8, 4) is 0 Å². The van der Waals surface area contributed by atoms with Crippen LogP contribution in [0.4, 0.5) is 0 Å². The zero-order chi connectivity index (χ0) is 9.42. The molecule has 1 N–H and O–H groups in total. The molecule has 0 saturated heterocycles. The minimum Gasteiger partial charge on any atom is -0.393 e. The van der Waals surface area contributed by atoms with Crippen LogP contribution in [0.5, 0.6) is 0 Å². The largest absolute Gasteiger partial charge is 0.393 e. The van der Waals surface area contributed by atoms with Gasteiger partial charge in [0.2, 0.25) is 0 Å². The third-order valence-corrected chi connectivity index (χ3v) is 2.97. The Morgan fingerprint density at radius 3 is 2.85 bits per heavy atom. The van der Waals surface area contributed by atoms with Crippen molar-refractivity contribution >= 4 is 11.6 Å². The molecule has 1 nitrogen and oxygen atoms in total. The molecule has 1 fully saturated rings. The summed E-state index contributed by atoms with van der Waals surface area (Å²) in [6, 6.07) is 7.92. The zero-order valence-corrected chi connectivity index (χ0v) is 8.33. The second-order valence-corrected chi connectivity index (χ2v) is 4.24. The molecular weight excluding hydrogens is 184 g/mol. The molecule has 0 radical (unpaired) electrons. The lowest BCUT2D eigenvalue weighted by molar-refractivity contribution is 0.169. The summed E-state index contributed by atoms with van der Waals surface area (Å²) in [7, 11) is 0. The highest BCUT2D eigenvalue weighted by atomic mass is 35.5. The molecule has 2 heteroatoms. The Hall–Kier alpha value is -0.530. The number of halogens is 1. The van der Waals surface area contributed by atoms with Gasteiger partial charge in [-0.3, -0.25) is 0 Å². The van der Waals surface area contributed by atoms with E-state index in [1.54, 1.807) is 0 Å². The van der Waals surface area contributed by atoms with Crippen LogP contribution in [0, 0.1) is 5.92 Å². The average Bonchev–Trinajstić information content (AvgIpc) is 2.82. The number of hydrogen-bond donors (Lipinski definition) is 1. The zero-order valence-electron chi connectivity index (χ0n) is 7.57. The van der Waals surface area contributed by atoms with E-state index in [1.165, 1.54) is 5.56 Å². The van der Waals surface area contributed by atoms with E-state index in [0.717, 1.165) is 11.4 Å². The summed E-state index contributed by atoms with van der Waals surface area (Å²) in [6.07, 6.45) is 0.904. The highest BCUT2D eigenvalue weighted by molar-refractivity contribution is 6.30. The molecule has 2 rings (SSSR count). The molecule has 1 aromatic rings. The lowest BCUT2D eigenvalue weighted by Crippen LogP contribution is -2.03. The topological polar surface area (TPSA) is 20.2 Å². The first-order chi connectivity index (χ1) is 6.18. The Bertz CT molecular complexity index is 309. The summed E-state index contributed by atoms with van der Waals surface area (Å²) >= 11 is 5.88. The minimum absolute atomic E-state index is 0.191. The second kappa shape index (κ2) is 3.32. The highest BCUT2D eigenvalue weighted by Crippen LogP contribution is 2.49. The Balaban J connectivity index is 2.12. The Labute approximate surface area is 83.3 Å². The second-order valence-electron chi connectivity index (χ2n) is 3.80. The molecule has 0 aliphatic heterocycles. The fourth-order valence-electron chi connectivity index (χ4n) is 1.87. The first kappa shape index (κ1) is 9.04. The summed E-state index contributed by atoms with van der Waals surface area (Å²) in [5.41, 5.74) is 1.26. The molecule has 0 aromatic heterocycles. The fraction of sp³-hybridized carbons (Fsp3) is 0.455. The van der Waals surface area contributed by atoms with Crippen LogP contribution in [0.15, 0.2) is 24.3 Å². The van der Waals surface area contributed by atoms with Crippen molar-refractivity contribution < 1.29 is 5.11 Å². The van der Waals surface area contributed by atoms with Gasteiger partial charge in [0.15, 0.2) is 0 Å². The Morgan fingerprint density at radius 2 is 2.31 bits per heavy atom. The van der Waals surface area contributed by atoms with Gasteiger partial charge in [0.25, 0.3) is 0 Å². The van der Waals surface area contributed by atoms with Gasteiger partial charge in [0, 0.05) is 5.02 Å². The van der Waals surface area contributed by atoms with E-state index in [2.05, 4.69) is 6.07 Å². The standard InChI is InChI=1S/C11H13ClO/c1-7(13)10-6-11(10)8-3-2-4-9(12)5-8/h2-5,7,10-11,13H,6H2,1H3/t7-,10-,11+/m0/s1. The lowest BCUT2D eigenvalue weighted by atomic mass is 10.1. The quantitative estimate of drug-likeness (QED) is 0.772. The van der Waals surface area contributed by atoms with Crippen LogP contribution < -0.4 is 0 Å². The average molecular weight is 197 g/mol. The number of rotatable bonds is 2. The maximum Gasteiger partial charge on any atom is 0.0546 e. The predicted molar refractivity (Wildman–Crippen MR) is 54.0 cm³/mol. The molecule has 0 bridgehead atoms. The van der Waals surface area contributed by atoms with Crippen LogP contribution in [-0.2, 0) is 0 Å². The maximum atomic E-state index is 9.36. The van der Waals surface area contributed by atoms with Gasteiger partial charge in [0.1, 0.15) is 0 Å². The number of benzene rings is 1. The summed E-state index contributed by atoms with van der Waals surface area (Å²) < 4.78 is 0. The van der Waals surface area contributed by atoms with Gasteiger partial charge in [-0.2, -0.15) is 0 Å². The third-order valence-electron chi connectivity index (χ3n) is 2.74. The first-order valence-corrected chi connectivity index (χ1v) is 5.00. The van der Waals surface area contributed by atoms with Crippen LogP contribution in [0.2, 0.25) is 5.02 Å². The van der Waals surface area contributed by atoms with Crippen molar-refractivity contribution in [2.75, 3.05) is 0 Å².